The molecule has 0 aliphatic rings. The second-order valence-corrected chi connectivity index (χ2v) is 8.77. The number of nitrogens with one attached hydrogen (secondary N) is 3. The normalized spacial score (nSPS) is 11.9. The molecule has 0 aliphatic heterocycles. The predicted octanol–water partition coefficient (Wildman–Crippen LogP) is 3.10. The smallest absolute Gasteiger partial charge is 0.266 e. The third-order valence-corrected chi connectivity index (χ3v) is 5.83. The van der Waals surface area contributed by atoms with E-state index in [4.69, 9.17) is 17.3 Å². The summed E-state index contributed by atoms with van der Waals surface area (Å²) in [4.78, 5) is 3.17. The molecule has 2 rings (SSSR count). The fourth-order valence-corrected chi connectivity index (χ4v) is 4.23. The average molecular weight is 510 g/mol. The van der Waals surface area contributed by atoms with Crippen molar-refractivity contribution in [3.63, 3.8) is 0 Å². The maximum absolute atomic E-state index is 14.3. The number of sulfonamides is 1. The van der Waals surface area contributed by atoms with Gasteiger partial charge in [-0.2, -0.15) is 4.37 Å². The van der Waals surface area contributed by atoms with E-state index in [1.807, 2.05) is 6.92 Å². The van der Waals surface area contributed by atoms with Crippen molar-refractivity contribution >= 4 is 68.8 Å². The van der Waals surface area contributed by atoms with Crippen LogP contribution in [0.25, 0.3) is 0 Å². The van der Waals surface area contributed by atoms with E-state index in [-0.39, 0.29) is 41.0 Å². The minimum Gasteiger partial charge on any atom is -0.384 e. The van der Waals surface area contributed by atoms with E-state index in [0.717, 1.165) is 49.6 Å². The number of nitrogens with zero attached hydrogens (tertiary/aromatic N) is 2. The zero-order valence-corrected chi connectivity index (χ0v) is 19.5. The van der Waals surface area contributed by atoms with Crippen LogP contribution in [-0.2, 0) is 10.0 Å². The number of anilines is 2. The van der Waals surface area contributed by atoms with Crippen molar-refractivity contribution in [3.8, 4) is 0 Å². The Hall–Kier alpha value is -0.950. The second-order valence-electron chi connectivity index (χ2n) is 5.93. The van der Waals surface area contributed by atoms with Crippen molar-refractivity contribution < 1.29 is 12.8 Å². The molecule has 1 atom stereocenters. The molecule has 5 N–H and O–H groups in total. The van der Waals surface area contributed by atoms with E-state index in [2.05, 4.69) is 24.7 Å². The Morgan fingerprint density at radius 3 is 2.59 bits per heavy atom. The highest BCUT2D eigenvalue weighted by atomic mass is 35.5. The Balaban J connectivity index is 0.00000392. The van der Waals surface area contributed by atoms with E-state index >= 15 is 0 Å². The SMILES string of the molecule is CC(N)CNCCCCNc1cc(F)c(S(=O)(=O)Nc2ncns2)cc1Cl.Cl.Cl. The average Bonchev–Trinajstić information content (AvgIpc) is 3.08. The van der Waals surface area contributed by atoms with Crippen LogP contribution in [0.4, 0.5) is 15.2 Å². The van der Waals surface area contributed by atoms with Crippen molar-refractivity contribution in [2.45, 2.75) is 30.7 Å². The summed E-state index contributed by atoms with van der Waals surface area (Å²) in [6, 6.07) is 2.26. The summed E-state index contributed by atoms with van der Waals surface area (Å²) in [5, 5.41) is 6.40. The number of aromatic nitrogens is 2. The van der Waals surface area contributed by atoms with Crippen LogP contribution in [0.15, 0.2) is 23.4 Å². The van der Waals surface area contributed by atoms with Crippen LogP contribution in [-0.4, -0.2) is 43.5 Å². The third kappa shape index (κ3) is 9.16. The lowest BCUT2D eigenvalue weighted by molar-refractivity contribution is 0.570. The maximum atomic E-state index is 14.3. The largest absolute Gasteiger partial charge is 0.384 e. The van der Waals surface area contributed by atoms with Crippen LogP contribution in [0.3, 0.4) is 0 Å². The number of rotatable bonds is 11. The molecule has 0 saturated heterocycles. The Morgan fingerprint density at radius 2 is 1.97 bits per heavy atom. The van der Waals surface area contributed by atoms with Crippen LogP contribution in [0, 0.1) is 5.82 Å². The molecule has 1 aromatic heterocycles. The lowest BCUT2D eigenvalue weighted by Crippen LogP contribution is -2.31. The molecule has 1 heterocycles. The third-order valence-electron chi connectivity index (χ3n) is 3.46. The molecule has 29 heavy (non-hydrogen) atoms. The predicted molar refractivity (Wildman–Crippen MR) is 121 cm³/mol. The van der Waals surface area contributed by atoms with E-state index in [1.54, 1.807) is 0 Å². The minimum atomic E-state index is -4.14. The van der Waals surface area contributed by atoms with Gasteiger partial charge in [0.1, 0.15) is 17.0 Å². The van der Waals surface area contributed by atoms with Gasteiger partial charge in [-0.3, -0.25) is 4.72 Å². The van der Waals surface area contributed by atoms with E-state index in [0.29, 0.717) is 12.2 Å². The van der Waals surface area contributed by atoms with Gasteiger partial charge in [-0.15, -0.1) is 24.8 Å². The molecule has 8 nitrogen and oxygen atoms in total. The molecule has 0 radical (unpaired) electrons. The van der Waals surface area contributed by atoms with Gasteiger partial charge in [0.2, 0.25) is 5.13 Å². The molecule has 2 aromatic rings. The fraction of sp³-hybridized carbons (Fsp3) is 0.467. The molecule has 0 spiro atoms. The van der Waals surface area contributed by atoms with Gasteiger partial charge in [0.05, 0.1) is 10.7 Å². The number of halogens is 4. The molecule has 0 saturated carbocycles. The first-order valence-corrected chi connectivity index (χ1v) is 10.9. The summed E-state index contributed by atoms with van der Waals surface area (Å²) in [6.45, 7) is 4.09. The zero-order chi connectivity index (χ0) is 19.9. The number of hydrogen-bond donors (Lipinski definition) is 4. The molecule has 0 bridgehead atoms. The first-order valence-electron chi connectivity index (χ1n) is 8.28. The highest BCUT2D eigenvalue weighted by Gasteiger charge is 2.22. The maximum Gasteiger partial charge on any atom is 0.266 e. The van der Waals surface area contributed by atoms with E-state index in [9.17, 15) is 12.8 Å². The Morgan fingerprint density at radius 1 is 1.28 bits per heavy atom. The summed E-state index contributed by atoms with van der Waals surface area (Å²) in [7, 11) is -4.14. The second kappa shape index (κ2) is 13.4. The van der Waals surface area contributed by atoms with Crippen molar-refractivity contribution in [2.24, 2.45) is 5.73 Å². The van der Waals surface area contributed by atoms with Crippen LogP contribution in [0.5, 0.6) is 0 Å². The number of unbranched alkanes of at least 4 members (excludes halogenated alkanes) is 1. The van der Waals surface area contributed by atoms with Gasteiger partial charge in [-0.1, -0.05) is 11.6 Å². The quantitative estimate of drug-likeness (QED) is 0.343. The van der Waals surface area contributed by atoms with Gasteiger partial charge < -0.3 is 16.4 Å². The fourth-order valence-electron chi connectivity index (χ4n) is 2.19. The van der Waals surface area contributed by atoms with Crippen molar-refractivity contribution in [1.29, 1.82) is 0 Å². The molecule has 0 aliphatic carbocycles. The molecule has 0 fully saturated rings. The van der Waals surface area contributed by atoms with Crippen molar-refractivity contribution in [2.75, 3.05) is 29.7 Å². The Labute approximate surface area is 191 Å². The zero-order valence-electron chi connectivity index (χ0n) is 15.5. The Kier molecular flexibility index (Phi) is 12.9. The standard InChI is InChI=1S/C15H22ClFN6O2S2.2ClH/c1-10(18)8-19-4-2-3-5-20-13-7-12(17)14(6-11(13)16)27(24,25)23-15-21-9-22-26-15;;/h6-7,9-10,19-20H,2-5,8,18H2,1H3,(H,21,22,23);2*1H. The monoisotopic (exact) mass is 508 g/mol. The molecule has 166 valence electrons. The van der Waals surface area contributed by atoms with Crippen LogP contribution in [0.1, 0.15) is 19.8 Å². The highest BCUT2D eigenvalue weighted by Crippen LogP contribution is 2.29. The summed E-state index contributed by atoms with van der Waals surface area (Å²) in [5.74, 6) is -0.905. The summed E-state index contributed by atoms with van der Waals surface area (Å²) in [6.07, 6.45) is 2.95. The molecular formula is C15H24Cl3FN6O2S2. The van der Waals surface area contributed by atoms with Crippen LogP contribution in [0.2, 0.25) is 5.02 Å². The van der Waals surface area contributed by atoms with E-state index in [1.165, 1.54) is 6.33 Å². The lowest BCUT2D eigenvalue weighted by atomic mass is 10.2. The molecule has 14 heteroatoms. The lowest BCUT2D eigenvalue weighted by Gasteiger charge is -2.12. The van der Waals surface area contributed by atoms with Gasteiger partial charge in [0.25, 0.3) is 10.0 Å². The van der Waals surface area contributed by atoms with Gasteiger partial charge >= 0.3 is 0 Å². The molecule has 1 aromatic carbocycles. The molecule has 1 unspecified atom stereocenters. The van der Waals surface area contributed by atoms with Gasteiger partial charge in [-0.25, -0.2) is 17.8 Å². The summed E-state index contributed by atoms with van der Waals surface area (Å²) in [5.41, 5.74) is 5.98. The molecule has 0 amide bonds. The first-order chi connectivity index (χ1) is 12.8. The van der Waals surface area contributed by atoms with Gasteiger partial charge in [0, 0.05) is 30.7 Å². The topological polar surface area (TPSA) is 122 Å². The minimum absolute atomic E-state index is 0. The number of benzene rings is 1. The highest BCUT2D eigenvalue weighted by molar-refractivity contribution is 7.93. The summed E-state index contributed by atoms with van der Waals surface area (Å²) >= 11 is 6.96. The van der Waals surface area contributed by atoms with E-state index < -0.39 is 20.7 Å². The first kappa shape index (κ1) is 28.1. The van der Waals surface area contributed by atoms with Crippen LogP contribution < -0.4 is 21.1 Å². The number of hydrogen-bond acceptors (Lipinski definition) is 8. The van der Waals surface area contributed by atoms with Gasteiger partial charge in [0.15, 0.2) is 0 Å². The molecular weight excluding hydrogens is 486 g/mol. The Bertz CT molecular complexity index is 841. The van der Waals surface area contributed by atoms with Crippen LogP contribution >= 0.6 is 47.9 Å². The number of nitrogens with two attached hydrogens (primary N) is 1. The van der Waals surface area contributed by atoms with Crippen molar-refractivity contribution in [3.05, 3.63) is 29.3 Å². The summed E-state index contributed by atoms with van der Waals surface area (Å²) < 4.78 is 44.8. The van der Waals surface area contributed by atoms with Gasteiger partial charge in [-0.05, 0) is 38.4 Å². The van der Waals surface area contributed by atoms with Crippen molar-refractivity contribution in [1.82, 2.24) is 14.7 Å².